The first-order chi connectivity index (χ1) is 18.4. The van der Waals surface area contributed by atoms with E-state index in [1.807, 2.05) is 42.1 Å². The second-order valence-corrected chi connectivity index (χ2v) is 9.22. The van der Waals surface area contributed by atoms with Gasteiger partial charge in [0.15, 0.2) is 0 Å². The monoisotopic (exact) mass is 538 g/mol. The van der Waals surface area contributed by atoms with E-state index >= 15 is 0 Å². The highest BCUT2D eigenvalue weighted by atomic mass is 35.5. The molecule has 0 unspecified atom stereocenters. The van der Waals surface area contributed by atoms with E-state index < -0.39 is 6.04 Å². The molecule has 1 aromatic heterocycles. The summed E-state index contributed by atoms with van der Waals surface area (Å²) in [5, 5.41) is 6.51. The molecule has 0 aliphatic carbocycles. The van der Waals surface area contributed by atoms with Gasteiger partial charge in [0.2, 0.25) is 0 Å². The lowest BCUT2D eigenvalue weighted by atomic mass is 9.99. The van der Waals surface area contributed by atoms with Crippen LogP contribution in [-0.2, 0) is 16.6 Å². The van der Waals surface area contributed by atoms with Crippen LogP contribution < -0.4 is 9.47 Å². The van der Waals surface area contributed by atoms with Gasteiger partial charge in [-0.05, 0) is 42.5 Å². The van der Waals surface area contributed by atoms with E-state index in [1.165, 1.54) is 9.91 Å². The highest BCUT2D eigenvalue weighted by molar-refractivity contribution is 6.33. The fourth-order valence-corrected chi connectivity index (χ4v) is 4.71. The molecule has 0 saturated heterocycles. The van der Waals surface area contributed by atoms with Crippen LogP contribution in [0, 0.1) is 0 Å². The second kappa shape index (κ2) is 12.1. The number of methoxy groups -OCH3 is 3. The van der Waals surface area contributed by atoms with Crippen LogP contribution >= 0.6 is 11.6 Å². The minimum atomic E-state index is -0.461. The largest absolute Gasteiger partial charge is 0.497 e. The molecular weight excluding hydrogens is 508 g/mol. The fraction of sp³-hybridized carbons (Fsp3) is 0.321. The predicted octanol–water partition coefficient (Wildman–Crippen LogP) is 4.16. The molecule has 0 N–H and O–H groups in total. The Hall–Kier alpha value is -3.82. The van der Waals surface area contributed by atoms with Crippen molar-refractivity contribution >= 4 is 29.1 Å². The Bertz CT molecular complexity index is 1340. The van der Waals surface area contributed by atoms with E-state index in [1.54, 1.807) is 51.7 Å². The van der Waals surface area contributed by atoms with Gasteiger partial charge in [-0.15, -0.1) is 0 Å². The predicted molar refractivity (Wildman–Crippen MR) is 145 cm³/mol. The third kappa shape index (κ3) is 5.69. The summed E-state index contributed by atoms with van der Waals surface area (Å²) < 4.78 is 18.2. The van der Waals surface area contributed by atoms with Gasteiger partial charge in [0.1, 0.15) is 18.0 Å². The molecule has 4 rings (SSSR count). The van der Waals surface area contributed by atoms with Crippen molar-refractivity contribution in [1.29, 1.82) is 0 Å². The molecule has 0 spiro atoms. The van der Waals surface area contributed by atoms with E-state index in [0.717, 1.165) is 17.0 Å². The number of hydrogen-bond acceptors (Lipinski definition) is 6. The molecule has 9 nitrogen and oxygen atoms in total. The molecule has 38 heavy (non-hydrogen) atoms. The smallest absolute Gasteiger partial charge is 0.262 e. The van der Waals surface area contributed by atoms with Gasteiger partial charge in [-0.1, -0.05) is 23.7 Å². The third-order valence-electron chi connectivity index (χ3n) is 6.48. The van der Waals surface area contributed by atoms with Crippen molar-refractivity contribution in [3.05, 3.63) is 82.6 Å². The fourth-order valence-electron chi connectivity index (χ4n) is 4.49. The number of aryl methyl sites for hydroxylation is 1. The topological polar surface area (TPSA) is 85.6 Å². The Labute approximate surface area is 227 Å². The average Bonchev–Trinajstić information content (AvgIpc) is 3.56. The number of amides is 2. The number of rotatable bonds is 10. The van der Waals surface area contributed by atoms with Crippen LogP contribution in [0.3, 0.4) is 0 Å². The number of carbonyl (C=O) groups excluding carboxylic acids is 2. The van der Waals surface area contributed by atoms with Gasteiger partial charge >= 0.3 is 0 Å². The van der Waals surface area contributed by atoms with E-state index in [0.29, 0.717) is 28.5 Å². The molecule has 0 fully saturated rings. The Balaban J connectivity index is 1.70. The van der Waals surface area contributed by atoms with Crippen molar-refractivity contribution in [3.8, 4) is 11.5 Å². The van der Waals surface area contributed by atoms with Crippen molar-refractivity contribution in [2.24, 2.45) is 12.1 Å². The minimum absolute atomic E-state index is 0.208. The zero-order valence-electron chi connectivity index (χ0n) is 21.9. The summed E-state index contributed by atoms with van der Waals surface area (Å²) in [6.07, 6.45) is 2.39. The third-order valence-corrected chi connectivity index (χ3v) is 6.81. The number of nitrogens with zero attached hydrogens (tertiary/aromatic N) is 4. The molecule has 0 saturated carbocycles. The van der Waals surface area contributed by atoms with E-state index in [-0.39, 0.29) is 31.5 Å². The Morgan fingerprint density at radius 3 is 2.53 bits per heavy atom. The van der Waals surface area contributed by atoms with Crippen LogP contribution in [0.1, 0.15) is 34.1 Å². The Morgan fingerprint density at radius 2 is 1.87 bits per heavy atom. The van der Waals surface area contributed by atoms with Gasteiger partial charge in [-0.25, -0.2) is 5.01 Å². The maximum atomic E-state index is 13.8. The van der Waals surface area contributed by atoms with Crippen LogP contribution in [0.25, 0.3) is 0 Å². The number of benzene rings is 2. The van der Waals surface area contributed by atoms with Gasteiger partial charge in [-0.2, -0.15) is 5.10 Å². The molecule has 200 valence electrons. The number of carbonyl (C=O) groups is 2. The molecule has 1 atom stereocenters. The Morgan fingerprint density at radius 1 is 1.08 bits per heavy atom. The van der Waals surface area contributed by atoms with Gasteiger partial charge in [0, 0.05) is 38.9 Å². The molecule has 0 bridgehead atoms. The summed E-state index contributed by atoms with van der Waals surface area (Å²) in [6, 6.07) is 15.7. The van der Waals surface area contributed by atoms with Crippen molar-refractivity contribution in [2.75, 3.05) is 41.0 Å². The lowest BCUT2D eigenvalue weighted by molar-refractivity contribution is -0.133. The summed E-state index contributed by atoms with van der Waals surface area (Å²) in [6.45, 7) is 0.260. The van der Waals surface area contributed by atoms with Gasteiger partial charge < -0.3 is 23.7 Å². The summed E-state index contributed by atoms with van der Waals surface area (Å²) in [5.41, 5.74) is 2.73. The summed E-state index contributed by atoms with van der Waals surface area (Å²) in [5.74, 6) is 0.541. The highest BCUT2D eigenvalue weighted by Gasteiger charge is 2.37. The van der Waals surface area contributed by atoms with Crippen LogP contribution in [0.15, 0.2) is 65.9 Å². The first-order valence-electron chi connectivity index (χ1n) is 12.1. The number of aromatic nitrogens is 1. The molecule has 3 aromatic rings. The molecule has 1 aliphatic heterocycles. The van der Waals surface area contributed by atoms with Crippen molar-refractivity contribution in [1.82, 2.24) is 14.5 Å². The van der Waals surface area contributed by atoms with Crippen LogP contribution in [-0.4, -0.2) is 73.0 Å². The minimum Gasteiger partial charge on any atom is -0.497 e. The summed E-state index contributed by atoms with van der Waals surface area (Å²) in [4.78, 5) is 28.7. The number of hydrogen-bond donors (Lipinski definition) is 0. The highest BCUT2D eigenvalue weighted by Crippen LogP contribution is 2.39. The van der Waals surface area contributed by atoms with E-state index in [4.69, 9.17) is 30.9 Å². The van der Waals surface area contributed by atoms with Crippen molar-refractivity contribution in [2.45, 2.75) is 12.5 Å². The van der Waals surface area contributed by atoms with E-state index in [9.17, 15) is 9.59 Å². The Kier molecular flexibility index (Phi) is 8.70. The average molecular weight is 539 g/mol. The zero-order valence-corrected chi connectivity index (χ0v) is 22.6. The maximum absolute atomic E-state index is 13.8. The zero-order chi connectivity index (χ0) is 27.2. The maximum Gasteiger partial charge on any atom is 0.262 e. The van der Waals surface area contributed by atoms with Gasteiger partial charge in [0.05, 0.1) is 48.9 Å². The first kappa shape index (κ1) is 27.2. The lowest BCUT2D eigenvalue weighted by Crippen LogP contribution is -2.43. The van der Waals surface area contributed by atoms with E-state index in [2.05, 4.69) is 0 Å². The molecule has 2 heterocycles. The molecule has 2 amide bonds. The normalized spacial score (nSPS) is 14.8. The SMILES string of the molecule is COCCN(CC(=O)N1N=C(c2cccn2C)C[C@@H]1c1cc(OC)ccc1OC)C(=O)c1ccccc1Cl. The standard InChI is InChI=1S/C28H31ClN4O5/c1-31-13-7-10-24(31)23-17-25(21-16-19(37-3)11-12-26(21)38-4)33(30-23)27(34)18-32(14-15-36-2)28(35)20-8-5-6-9-22(20)29/h5-13,16,25H,14-15,17-18H2,1-4H3/t25-/m1/s1. The first-order valence-corrected chi connectivity index (χ1v) is 12.5. The van der Waals surface area contributed by atoms with Gasteiger partial charge in [-0.3, -0.25) is 9.59 Å². The quantitative estimate of drug-likeness (QED) is 0.387. The van der Waals surface area contributed by atoms with Crippen LogP contribution in [0.5, 0.6) is 11.5 Å². The summed E-state index contributed by atoms with van der Waals surface area (Å²) >= 11 is 6.29. The molecule has 10 heteroatoms. The number of ether oxygens (including phenoxy) is 3. The lowest BCUT2D eigenvalue weighted by Gasteiger charge is -2.28. The second-order valence-electron chi connectivity index (χ2n) is 8.82. The number of halogens is 1. The van der Waals surface area contributed by atoms with Crippen LogP contribution in [0.2, 0.25) is 5.02 Å². The summed E-state index contributed by atoms with van der Waals surface area (Å²) in [7, 11) is 6.64. The van der Waals surface area contributed by atoms with Gasteiger partial charge in [0.25, 0.3) is 11.8 Å². The number of hydrazone groups is 1. The van der Waals surface area contributed by atoms with Crippen molar-refractivity contribution in [3.63, 3.8) is 0 Å². The molecule has 0 radical (unpaired) electrons. The molecule has 1 aliphatic rings. The molecule has 2 aromatic carbocycles. The van der Waals surface area contributed by atoms with Crippen LogP contribution in [0.4, 0.5) is 0 Å². The van der Waals surface area contributed by atoms with Crippen molar-refractivity contribution < 1.29 is 23.8 Å². The molecular formula is C28H31ClN4O5.